The molecule has 0 saturated carbocycles. The van der Waals surface area contributed by atoms with Crippen molar-refractivity contribution in [1.29, 1.82) is 0 Å². The predicted octanol–water partition coefficient (Wildman–Crippen LogP) is 3.73. The molecule has 0 aliphatic carbocycles. The summed E-state index contributed by atoms with van der Waals surface area (Å²) in [4.78, 5) is 4.30. The quantitative estimate of drug-likeness (QED) is 0.798. The molecule has 1 aromatic carbocycles. The molecule has 0 bridgehead atoms. The van der Waals surface area contributed by atoms with E-state index in [0.29, 0.717) is 6.61 Å². The third-order valence-electron chi connectivity index (χ3n) is 2.15. The molecular weight excluding hydrogens is 266 g/mol. The zero-order valence-electron chi connectivity index (χ0n) is 8.98. The Morgan fingerprint density at radius 2 is 2.00 bits per heavy atom. The number of aromatic nitrogens is 1. The highest BCUT2D eigenvalue weighted by molar-refractivity contribution is 9.10. The summed E-state index contributed by atoms with van der Waals surface area (Å²) in [6.07, 6.45) is 0. The van der Waals surface area contributed by atoms with Crippen molar-refractivity contribution < 1.29 is 4.74 Å². The minimum absolute atomic E-state index is 0.489. The Morgan fingerprint density at radius 1 is 1.19 bits per heavy atom. The van der Waals surface area contributed by atoms with E-state index in [1.165, 1.54) is 5.56 Å². The van der Waals surface area contributed by atoms with E-state index in [1.807, 2.05) is 49.4 Å². The van der Waals surface area contributed by atoms with Crippen LogP contribution in [0.1, 0.15) is 11.3 Å². The van der Waals surface area contributed by atoms with E-state index in [-0.39, 0.29) is 0 Å². The summed E-state index contributed by atoms with van der Waals surface area (Å²) in [7, 11) is 0. The smallest absolute Gasteiger partial charge is 0.130 e. The molecule has 0 aliphatic heterocycles. The minimum atomic E-state index is 0.489. The molecule has 0 aliphatic rings. The van der Waals surface area contributed by atoms with E-state index >= 15 is 0 Å². The molecule has 2 nitrogen and oxygen atoms in total. The fourth-order valence-electron chi connectivity index (χ4n) is 1.39. The van der Waals surface area contributed by atoms with E-state index in [4.69, 9.17) is 4.74 Å². The van der Waals surface area contributed by atoms with Crippen LogP contribution in [0, 0.1) is 6.92 Å². The molecule has 0 atom stereocenters. The number of pyridine rings is 1. The summed E-state index contributed by atoms with van der Waals surface area (Å²) < 4.78 is 6.48. The van der Waals surface area contributed by atoms with Crippen molar-refractivity contribution in [2.75, 3.05) is 0 Å². The molecular formula is C13H12BrNO. The van der Waals surface area contributed by atoms with E-state index in [9.17, 15) is 0 Å². The van der Waals surface area contributed by atoms with Crippen LogP contribution >= 0.6 is 15.9 Å². The summed E-state index contributed by atoms with van der Waals surface area (Å²) in [5, 5.41) is 0. The average Bonchev–Trinajstić information content (AvgIpc) is 2.27. The standard InChI is InChI=1S/C13H12BrNO/c1-10-4-2-6-12(8-10)16-9-11-5-3-7-13(14)15-11/h2-8H,9H2,1H3. The molecule has 3 heteroatoms. The zero-order valence-corrected chi connectivity index (χ0v) is 10.6. The third-order valence-corrected chi connectivity index (χ3v) is 2.59. The van der Waals surface area contributed by atoms with Crippen molar-refractivity contribution in [2.45, 2.75) is 13.5 Å². The molecule has 0 amide bonds. The minimum Gasteiger partial charge on any atom is -0.487 e. The fourth-order valence-corrected chi connectivity index (χ4v) is 1.77. The van der Waals surface area contributed by atoms with Crippen LogP contribution in [0.3, 0.4) is 0 Å². The summed E-state index contributed by atoms with van der Waals surface area (Å²) in [5.41, 5.74) is 2.11. The number of ether oxygens (including phenoxy) is 1. The molecule has 2 aromatic rings. The molecule has 16 heavy (non-hydrogen) atoms. The maximum Gasteiger partial charge on any atom is 0.130 e. The van der Waals surface area contributed by atoms with Crippen LogP contribution in [-0.4, -0.2) is 4.98 Å². The second kappa shape index (κ2) is 5.12. The lowest BCUT2D eigenvalue weighted by Gasteiger charge is -2.06. The predicted molar refractivity (Wildman–Crippen MR) is 67.4 cm³/mol. The van der Waals surface area contributed by atoms with Gasteiger partial charge in [0.05, 0.1) is 5.69 Å². The molecule has 0 saturated heterocycles. The molecule has 1 aromatic heterocycles. The molecule has 2 rings (SSSR count). The summed E-state index contributed by atoms with van der Waals surface area (Å²) >= 11 is 3.33. The Labute approximate surface area is 103 Å². The SMILES string of the molecule is Cc1cccc(OCc2cccc(Br)n2)c1. The third kappa shape index (κ3) is 3.07. The Hall–Kier alpha value is -1.35. The van der Waals surface area contributed by atoms with E-state index in [0.717, 1.165) is 16.0 Å². The van der Waals surface area contributed by atoms with Gasteiger partial charge in [0.2, 0.25) is 0 Å². The molecule has 0 unspecified atom stereocenters. The zero-order chi connectivity index (χ0) is 11.4. The van der Waals surface area contributed by atoms with Gasteiger partial charge in [0.25, 0.3) is 0 Å². The lowest BCUT2D eigenvalue weighted by molar-refractivity contribution is 0.301. The number of benzene rings is 1. The van der Waals surface area contributed by atoms with Gasteiger partial charge in [0.1, 0.15) is 17.0 Å². The monoisotopic (exact) mass is 277 g/mol. The van der Waals surface area contributed by atoms with Crippen molar-refractivity contribution >= 4 is 15.9 Å². The Bertz CT molecular complexity index is 439. The number of rotatable bonds is 3. The van der Waals surface area contributed by atoms with Gasteiger partial charge in [-0.1, -0.05) is 18.2 Å². The van der Waals surface area contributed by atoms with Crippen molar-refractivity contribution in [2.24, 2.45) is 0 Å². The topological polar surface area (TPSA) is 22.1 Å². The molecule has 0 fully saturated rings. The molecule has 1 heterocycles. The van der Waals surface area contributed by atoms with Gasteiger partial charge in [-0.3, -0.25) is 0 Å². The van der Waals surface area contributed by atoms with E-state index in [2.05, 4.69) is 20.9 Å². The number of nitrogens with zero attached hydrogens (tertiary/aromatic N) is 1. The summed E-state index contributed by atoms with van der Waals surface area (Å²) in [5.74, 6) is 0.877. The van der Waals surface area contributed by atoms with Crippen molar-refractivity contribution in [3.05, 3.63) is 58.3 Å². The number of hydrogen-bond acceptors (Lipinski definition) is 2. The number of aryl methyl sites for hydroxylation is 1. The van der Waals surface area contributed by atoms with Gasteiger partial charge in [0, 0.05) is 0 Å². The van der Waals surface area contributed by atoms with Gasteiger partial charge in [-0.15, -0.1) is 0 Å². The van der Waals surface area contributed by atoms with Crippen molar-refractivity contribution in [3.8, 4) is 5.75 Å². The highest BCUT2D eigenvalue weighted by Crippen LogP contribution is 2.14. The van der Waals surface area contributed by atoms with Crippen LogP contribution in [0.2, 0.25) is 0 Å². The highest BCUT2D eigenvalue weighted by Gasteiger charge is 1.98. The van der Waals surface area contributed by atoms with Crippen LogP contribution in [-0.2, 0) is 6.61 Å². The maximum atomic E-state index is 5.64. The van der Waals surface area contributed by atoms with Crippen LogP contribution < -0.4 is 4.74 Å². The fraction of sp³-hybridized carbons (Fsp3) is 0.154. The molecule has 0 radical (unpaired) electrons. The number of hydrogen-bond donors (Lipinski definition) is 0. The summed E-state index contributed by atoms with van der Waals surface area (Å²) in [6.45, 7) is 2.53. The van der Waals surface area contributed by atoms with Gasteiger partial charge in [-0.05, 0) is 52.7 Å². The second-order valence-corrected chi connectivity index (χ2v) is 4.37. The van der Waals surface area contributed by atoms with Crippen LogP contribution in [0.5, 0.6) is 5.75 Å². The number of halogens is 1. The van der Waals surface area contributed by atoms with E-state index in [1.54, 1.807) is 0 Å². The summed E-state index contributed by atoms with van der Waals surface area (Å²) in [6, 6.07) is 13.8. The first-order valence-electron chi connectivity index (χ1n) is 5.05. The average molecular weight is 278 g/mol. The second-order valence-electron chi connectivity index (χ2n) is 3.56. The van der Waals surface area contributed by atoms with Crippen molar-refractivity contribution in [3.63, 3.8) is 0 Å². The van der Waals surface area contributed by atoms with Gasteiger partial charge in [0.15, 0.2) is 0 Å². The van der Waals surface area contributed by atoms with Crippen LogP contribution in [0.25, 0.3) is 0 Å². The Morgan fingerprint density at radius 3 is 2.75 bits per heavy atom. The first-order valence-corrected chi connectivity index (χ1v) is 5.84. The van der Waals surface area contributed by atoms with Crippen LogP contribution in [0.15, 0.2) is 47.1 Å². The van der Waals surface area contributed by atoms with Crippen molar-refractivity contribution in [1.82, 2.24) is 4.98 Å². The molecule has 82 valence electrons. The van der Waals surface area contributed by atoms with Gasteiger partial charge >= 0.3 is 0 Å². The lowest BCUT2D eigenvalue weighted by Crippen LogP contribution is -1.98. The van der Waals surface area contributed by atoms with Gasteiger partial charge in [-0.2, -0.15) is 0 Å². The first kappa shape index (κ1) is 11.1. The van der Waals surface area contributed by atoms with Gasteiger partial charge < -0.3 is 4.74 Å². The first-order chi connectivity index (χ1) is 7.74. The maximum absolute atomic E-state index is 5.64. The Kier molecular flexibility index (Phi) is 3.57. The van der Waals surface area contributed by atoms with Crippen LogP contribution in [0.4, 0.5) is 0 Å². The largest absolute Gasteiger partial charge is 0.487 e. The normalized spacial score (nSPS) is 10.1. The molecule has 0 spiro atoms. The van der Waals surface area contributed by atoms with E-state index < -0.39 is 0 Å². The Balaban J connectivity index is 2.02. The highest BCUT2D eigenvalue weighted by atomic mass is 79.9. The molecule has 0 N–H and O–H groups in total. The lowest BCUT2D eigenvalue weighted by atomic mass is 10.2. The van der Waals surface area contributed by atoms with Gasteiger partial charge in [-0.25, -0.2) is 4.98 Å².